The molecule has 0 unspecified atom stereocenters. The first-order valence-electron chi connectivity index (χ1n) is 7.19. The van der Waals surface area contributed by atoms with Crippen molar-refractivity contribution in [3.63, 3.8) is 0 Å². The summed E-state index contributed by atoms with van der Waals surface area (Å²) in [6, 6.07) is 13.6. The zero-order valence-corrected chi connectivity index (χ0v) is 12.1. The Kier molecular flexibility index (Phi) is 3.91. The second kappa shape index (κ2) is 6.00. The fourth-order valence-electron chi connectivity index (χ4n) is 2.69. The Morgan fingerprint density at radius 2 is 1.90 bits per heavy atom. The maximum atomic E-state index is 12.0. The van der Waals surface area contributed by atoms with Crippen molar-refractivity contribution in [1.82, 2.24) is 0 Å². The van der Waals surface area contributed by atoms with Gasteiger partial charge in [-0.15, -0.1) is 0 Å². The molecule has 0 saturated heterocycles. The van der Waals surface area contributed by atoms with Gasteiger partial charge in [0.1, 0.15) is 18.1 Å². The Morgan fingerprint density at radius 3 is 2.67 bits per heavy atom. The van der Waals surface area contributed by atoms with Gasteiger partial charge in [0.25, 0.3) is 0 Å². The van der Waals surface area contributed by atoms with E-state index in [1.165, 1.54) is 0 Å². The molecule has 0 heterocycles. The number of benzene rings is 2. The van der Waals surface area contributed by atoms with Gasteiger partial charge in [0.2, 0.25) is 0 Å². The first-order valence-corrected chi connectivity index (χ1v) is 7.19. The van der Waals surface area contributed by atoms with Crippen LogP contribution >= 0.6 is 0 Å². The number of para-hydroxylation sites is 1. The molecule has 0 aromatic heterocycles. The number of carbonyl (C=O) groups excluding carboxylic acids is 1. The fraction of sp³-hybridized carbons (Fsp3) is 0.278. The van der Waals surface area contributed by atoms with Gasteiger partial charge in [-0.05, 0) is 42.7 Å². The van der Waals surface area contributed by atoms with E-state index in [0.29, 0.717) is 13.0 Å². The number of ether oxygens (including phenoxy) is 2. The minimum Gasteiger partial charge on any atom is -0.496 e. The lowest BCUT2D eigenvalue weighted by Crippen LogP contribution is -2.12. The molecule has 0 amide bonds. The first-order chi connectivity index (χ1) is 10.3. The van der Waals surface area contributed by atoms with Crippen molar-refractivity contribution >= 4 is 5.78 Å². The Bertz CT molecular complexity index is 647. The van der Waals surface area contributed by atoms with Crippen LogP contribution in [0, 0.1) is 0 Å². The molecule has 0 fully saturated rings. The van der Waals surface area contributed by atoms with Gasteiger partial charge >= 0.3 is 0 Å². The largest absolute Gasteiger partial charge is 0.496 e. The highest BCUT2D eigenvalue weighted by atomic mass is 16.5. The molecule has 0 saturated carbocycles. The molecule has 3 rings (SSSR count). The minimum atomic E-state index is 0.222. The van der Waals surface area contributed by atoms with Gasteiger partial charge in [0, 0.05) is 17.5 Å². The Balaban J connectivity index is 1.87. The molecular formula is C18H18O3. The molecule has 1 aliphatic carbocycles. The van der Waals surface area contributed by atoms with Gasteiger partial charge in [0.05, 0.1) is 7.11 Å². The lowest BCUT2D eigenvalue weighted by molar-refractivity contribution is 0.0972. The number of hydrogen-bond donors (Lipinski definition) is 0. The number of methoxy groups -OCH3 is 1. The average molecular weight is 282 g/mol. The molecule has 3 nitrogen and oxygen atoms in total. The number of fused-ring (bicyclic) bond motifs is 1. The van der Waals surface area contributed by atoms with Gasteiger partial charge in [-0.1, -0.05) is 18.2 Å². The van der Waals surface area contributed by atoms with Crippen molar-refractivity contribution in [2.45, 2.75) is 25.9 Å². The highest BCUT2D eigenvalue weighted by molar-refractivity contribution is 5.98. The number of rotatable bonds is 4. The van der Waals surface area contributed by atoms with Gasteiger partial charge in [0.15, 0.2) is 5.78 Å². The van der Waals surface area contributed by atoms with Crippen LogP contribution in [0.5, 0.6) is 11.5 Å². The summed E-state index contributed by atoms with van der Waals surface area (Å²) >= 11 is 0. The molecule has 21 heavy (non-hydrogen) atoms. The number of ketones is 1. The molecule has 0 radical (unpaired) electrons. The molecule has 0 spiro atoms. The SMILES string of the molecule is COc1cc2c(cc1COc1ccccc1)C(=O)CCC2. The van der Waals surface area contributed by atoms with Gasteiger partial charge < -0.3 is 9.47 Å². The highest BCUT2D eigenvalue weighted by Crippen LogP contribution is 2.30. The molecule has 0 aliphatic heterocycles. The van der Waals surface area contributed by atoms with E-state index in [1.807, 2.05) is 42.5 Å². The lowest BCUT2D eigenvalue weighted by Gasteiger charge is -2.18. The third kappa shape index (κ3) is 2.92. The van der Waals surface area contributed by atoms with Crippen molar-refractivity contribution in [2.75, 3.05) is 7.11 Å². The maximum absolute atomic E-state index is 12.0. The number of Topliss-reactive ketones (excluding diaryl/α,β-unsaturated/α-hetero) is 1. The quantitative estimate of drug-likeness (QED) is 0.855. The van der Waals surface area contributed by atoms with E-state index in [4.69, 9.17) is 9.47 Å². The lowest BCUT2D eigenvalue weighted by atomic mass is 9.89. The normalized spacial score (nSPS) is 13.7. The van der Waals surface area contributed by atoms with Gasteiger partial charge in [-0.25, -0.2) is 0 Å². The van der Waals surface area contributed by atoms with Crippen LogP contribution in [0.2, 0.25) is 0 Å². The van der Waals surface area contributed by atoms with Crippen LogP contribution in [0.25, 0.3) is 0 Å². The third-order valence-electron chi connectivity index (χ3n) is 3.79. The minimum absolute atomic E-state index is 0.222. The van der Waals surface area contributed by atoms with E-state index in [-0.39, 0.29) is 5.78 Å². The zero-order valence-electron chi connectivity index (χ0n) is 12.1. The second-order valence-corrected chi connectivity index (χ2v) is 5.20. The molecular weight excluding hydrogens is 264 g/mol. The molecule has 2 aromatic rings. The topological polar surface area (TPSA) is 35.5 Å². The zero-order chi connectivity index (χ0) is 14.7. The van der Waals surface area contributed by atoms with E-state index in [1.54, 1.807) is 7.11 Å². The molecule has 2 aromatic carbocycles. The average Bonchev–Trinajstić information content (AvgIpc) is 2.53. The Hall–Kier alpha value is -2.29. The second-order valence-electron chi connectivity index (χ2n) is 5.20. The molecule has 3 heteroatoms. The summed E-state index contributed by atoms with van der Waals surface area (Å²) in [5.74, 6) is 1.82. The fourth-order valence-corrected chi connectivity index (χ4v) is 2.69. The van der Waals surface area contributed by atoms with Crippen molar-refractivity contribution in [3.05, 3.63) is 59.2 Å². The summed E-state index contributed by atoms with van der Waals surface area (Å²) in [5.41, 5.74) is 2.83. The van der Waals surface area contributed by atoms with E-state index >= 15 is 0 Å². The van der Waals surface area contributed by atoms with Crippen molar-refractivity contribution in [2.24, 2.45) is 0 Å². The molecule has 0 atom stereocenters. The summed E-state index contributed by atoms with van der Waals surface area (Å²) < 4.78 is 11.2. The summed E-state index contributed by atoms with van der Waals surface area (Å²) in [5, 5.41) is 0. The Labute approximate surface area is 124 Å². The van der Waals surface area contributed by atoms with Crippen molar-refractivity contribution < 1.29 is 14.3 Å². The first kappa shape index (κ1) is 13.7. The van der Waals surface area contributed by atoms with Crippen LogP contribution in [-0.2, 0) is 13.0 Å². The molecule has 0 bridgehead atoms. The van der Waals surface area contributed by atoms with Crippen LogP contribution in [0.3, 0.4) is 0 Å². The summed E-state index contributed by atoms with van der Waals surface area (Å²) in [6.07, 6.45) is 2.50. The molecule has 108 valence electrons. The van der Waals surface area contributed by atoms with Gasteiger partial charge in [-0.3, -0.25) is 4.79 Å². The summed E-state index contributed by atoms with van der Waals surface area (Å²) in [4.78, 5) is 12.0. The Morgan fingerprint density at radius 1 is 1.10 bits per heavy atom. The third-order valence-corrected chi connectivity index (χ3v) is 3.79. The van der Waals surface area contributed by atoms with Crippen LogP contribution in [-0.4, -0.2) is 12.9 Å². The van der Waals surface area contributed by atoms with Crippen molar-refractivity contribution in [1.29, 1.82) is 0 Å². The number of hydrogen-bond acceptors (Lipinski definition) is 3. The van der Waals surface area contributed by atoms with Crippen LogP contribution in [0.1, 0.15) is 34.3 Å². The maximum Gasteiger partial charge on any atom is 0.163 e. The van der Waals surface area contributed by atoms with Crippen LogP contribution in [0.4, 0.5) is 0 Å². The smallest absolute Gasteiger partial charge is 0.163 e. The standard InChI is InChI=1S/C18H18O3/c1-20-18-11-13-6-5-9-17(19)16(13)10-14(18)12-21-15-7-3-2-4-8-15/h2-4,7-8,10-11H,5-6,9,12H2,1H3. The monoisotopic (exact) mass is 282 g/mol. The predicted molar refractivity (Wildman–Crippen MR) is 81.0 cm³/mol. The van der Waals surface area contributed by atoms with Crippen molar-refractivity contribution in [3.8, 4) is 11.5 Å². The molecule has 0 N–H and O–H groups in total. The van der Waals surface area contributed by atoms with Gasteiger partial charge in [-0.2, -0.15) is 0 Å². The van der Waals surface area contributed by atoms with Crippen LogP contribution in [0.15, 0.2) is 42.5 Å². The number of carbonyl (C=O) groups is 1. The molecule has 1 aliphatic rings. The number of aryl methyl sites for hydroxylation is 1. The van der Waals surface area contributed by atoms with E-state index in [9.17, 15) is 4.79 Å². The van der Waals surface area contributed by atoms with E-state index < -0.39 is 0 Å². The summed E-state index contributed by atoms with van der Waals surface area (Å²) in [6.45, 7) is 0.397. The van der Waals surface area contributed by atoms with E-state index in [0.717, 1.165) is 41.0 Å². The summed E-state index contributed by atoms with van der Waals surface area (Å²) in [7, 11) is 1.65. The highest BCUT2D eigenvalue weighted by Gasteiger charge is 2.20. The predicted octanol–water partition coefficient (Wildman–Crippen LogP) is 3.79. The van der Waals surface area contributed by atoms with Crippen LogP contribution < -0.4 is 9.47 Å². The van der Waals surface area contributed by atoms with E-state index in [2.05, 4.69) is 0 Å².